The minimum atomic E-state index is -3.94. The maximum Gasteiger partial charge on any atom is 0.264 e. The molecule has 0 aliphatic rings. The molecule has 4 aromatic rings. The van der Waals surface area contributed by atoms with Crippen molar-refractivity contribution >= 4 is 37.5 Å². The smallest absolute Gasteiger partial charge is 0.264 e. The van der Waals surface area contributed by atoms with Gasteiger partial charge >= 0.3 is 0 Å². The van der Waals surface area contributed by atoms with Crippen LogP contribution in [-0.2, 0) is 21.4 Å². The monoisotopic (exact) mass is 524 g/mol. The molecule has 1 heterocycles. The lowest BCUT2D eigenvalue weighted by atomic mass is 10.1. The van der Waals surface area contributed by atoms with E-state index in [2.05, 4.69) is 26.2 Å². The van der Waals surface area contributed by atoms with E-state index in [9.17, 15) is 13.2 Å². The maximum atomic E-state index is 13.4. The van der Waals surface area contributed by atoms with Crippen LogP contribution < -0.4 is 9.62 Å². The third kappa shape index (κ3) is 5.32. The zero-order chi connectivity index (χ0) is 23.3. The van der Waals surface area contributed by atoms with Gasteiger partial charge in [-0.2, -0.15) is 0 Å². The van der Waals surface area contributed by atoms with Gasteiger partial charge in [-0.25, -0.2) is 13.4 Å². The third-order valence-electron chi connectivity index (χ3n) is 4.98. The second-order valence-corrected chi connectivity index (χ2v) is 9.95. The Balaban J connectivity index is 1.56. The first-order chi connectivity index (χ1) is 15.9. The molecule has 0 saturated heterocycles. The highest BCUT2D eigenvalue weighted by Crippen LogP contribution is 2.25. The van der Waals surface area contributed by atoms with Crippen molar-refractivity contribution in [2.75, 3.05) is 10.8 Å². The van der Waals surface area contributed by atoms with Gasteiger partial charge in [-0.05, 0) is 48.0 Å². The Morgan fingerprint density at radius 1 is 0.970 bits per heavy atom. The lowest BCUT2D eigenvalue weighted by Gasteiger charge is -2.24. The molecule has 0 aliphatic heterocycles. The van der Waals surface area contributed by atoms with Gasteiger partial charge in [0.05, 0.1) is 22.6 Å². The van der Waals surface area contributed by atoms with Crippen LogP contribution >= 0.6 is 15.9 Å². The van der Waals surface area contributed by atoms with Gasteiger partial charge in [0.2, 0.25) is 5.91 Å². The number of imidazole rings is 1. The molecule has 33 heavy (non-hydrogen) atoms. The zero-order valence-electron chi connectivity index (χ0n) is 17.5. The Kier molecular flexibility index (Phi) is 6.90. The summed E-state index contributed by atoms with van der Waals surface area (Å²) in [4.78, 5) is 17.1. The lowest BCUT2D eigenvalue weighted by Crippen LogP contribution is -2.40. The van der Waals surface area contributed by atoms with Crippen molar-refractivity contribution in [3.05, 3.63) is 108 Å². The standard InChI is InChI=1S/C24H21BrN4O3S/c25-20-10-12-21(13-11-20)29(33(31,32)22-7-2-1-3-8-22)17-24(30)27-16-19-6-4-5-9-23(19)28-15-14-26-18-28/h1-15,18H,16-17H2,(H,27,30). The molecule has 3 aromatic carbocycles. The van der Waals surface area contributed by atoms with Crippen LogP contribution in [0.2, 0.25) is 0 Å². The molecule has 9 heteroatoms. The van der Waals surface area contributed by atoms with Crippen molar-refractivity contribution in [3.63, 3.8) is 0 Å². The first-order valence-corrected chi connectivity index (χ1v) is 12.3. The van der Waals surface area contributed by atoms with Gasteiger partial charge in [-0.3, -0.25) is 9.10 Å². The summed E-state index contributed by atoms with van der Waals surface area (Å²) in [5.41, 5.74) is 2.16. The molecule has 0 atom stereocenters. The molecule has 0 bridgehead atoms. The number of aromatic nitrogens is 2. The molecule has 1 N–H and O–H groups in total. The second-order valence-electron chi connectivity index (χ2n) is 7.18. The molecule has 0 saturated carbocycles. The van der Waals surface area contributed by atoms with Gasteiger partial charge in [-0.15, -0.1) is 0 Å². The summed E-state index contributed by atoms with van der Waals surface area (Å²) in [7, 11) is -3.94. The fourth-order valence-corrected chi connectivity index (χ4v) is 5.04. The van der Waals surface area contributed by atoms with Crippen LogP contribution in [0, 0.1) is 0 Å². The number of nitrogens with one attached hydrogen (secondary N) is 1. The van der Waals surface area contributed by atoms with Gasteiger partial charge in [-0.1, -0.05) is 52.3 Å². The number of halogens is 1. The Morgan fingerprint density at radius 2 is 1.67 bits per heavy atom. The number of carbonyl (C=O) groups is 1. The molecular formula is C24H21BrN4O3S. The number of hydrogen-bond acceptors (Lipinski definition) is 4. The number of rotatable bonds is 8. The lowest BCUT2D eigenvalue weighted by molar-refractivity contribution is -0.119. The van der Waals surface area contributed by atoms with Gasteiger partial charge < -0.3 is 9.88 Å². The number of nitrogens with zero attached hydrogens (tertiary/aromatic N) is 3. The predicted molar refractivity (Wildman–Crippen MR) is 131 cm³/mol. The van der Waals surface area contributed by atoms with Crippen LogP contribution in [0.1, 0.15) is 5.56 Å². The summed E-state index contributed by atoms with van der Waals surface area (Å²) in [6.45, 7) is -0.112. The van der Waals surface area contributed by atoms with Gasteiger partial charge in [0.15, 0.2) is 0 Å². The molecular weight excluding hydrogens is 504 g/mol. The van der Waals surface area contributed by atoms with Crippen LogP contribution in [0.5, 0.6) is 0 Å². The zero-order valence-corrected chi connectivity index (χ0v) is 19.9. The van der Waals surface area contributed by atoms with E-state index >= 15 is 0 Å². The van der Waals surface area contributed by atoms with E-state index < -0.39 is 15.9 Å². The van der Waals surface area contributed by atoms with Crippen molar-refractivity contribution < 1.29 is 13.2 Å². The first kappa shape index (κ1) is 22.8. The molecule has 0 fully saturated rings. The number of carbonyl (C=O) groups excluding carboxylic acids is 1. The minimum Gasteiger partial charge on any atom is -0.350 e. The van der Waals surface area contributed by atoms with Crippen LogP contribution in [0.4, 0.5) is 5.69 Å². The van der Waals surface area contributed by atoms with Crippen molar-refractivity contribution in [1.29, 1.82) is 0 Å². The van der Waals surface area contributed by atoms with E-state index in [1.807, 2.05) is 35.0 Å². The Labute approximate surface area is 200 Å². The number of anilines is 1. The van der Waals surface area contributed by atoms with Gasteiger partial charge in [0.25, 0.3) is 10.0 Å². The summed E-state index contributed by atoms with van der Waals surface area (Å²) < 4.78 is 30.5. The Hall–Kier alpha value is -3.43. The van der Waals surface area contributed by atoms with Crippen molar-refractivity contribution in [2.24, 2.45) is 0 Å². The van der Waals surface area contributed by atoms with E-state index in [1.165, 1.54) is 12.1 Å². The molecule has 0 aliphatic carbocycles. The summed E-state index contributed by atoms with van der Waals surface area (Å²) in [6, 6.07) is 22.5. The molecule has 0 unspecified atom stereocenters. The van der Waals surface area contributed by atoms with Gasteiger partial charge in [0.1, 0.15) is 6.54 Å². The summed E-state index contributed by atoms with van der Waals surface area (Å²) in [5, 5.41) is 2.85. The van der Waals surface area contributed by atoms with Gasteiger partial charge in [0, 0.05) is 23.4 Å². The fourth-order valence-electron chi connectivity index (χ4n) is 3.34. The van der Waals surface area contributed by atoms with Crippen molar-refractivity contribution in [2.45, 2.75) is 11.4 Å². The van der Waals surface area contributed by atoms with Crippen LogP contribution in [-0.4, -0.2) is 30.4 Å². The van der Waals surface area contributed by atoms with Crippen molar-refractivity contribution in [3.8, 4) is 5.69 Å². The number of para-hydroxylation sites is 1. The summed E-state index contributed by atoms with van der Waals surface area (Å²) >= 11 is 3.36. The number of sulfonamides is 1. The molecule has 1 aromatic heterocycles. The van der Waals surface area contributed by atoms with E-state index in [0.717, 1.165) is 20.0 Å². The largest absolute Gasteiger partial charge is 0.350 e. The van der Waals surface area contributed by atoms with Crippen LogP contribution in [0.15, 0.2) is 107 Å². The molecule has 168 valence electrons. The number of amides is 1. The number of benzene rings is 3. The molecule has 0 radical (unpaired) electrons. The topological polar surface area (TPSA) is 84.3 Å². The highest BCUT2D eigenvalue weighted by molar-refractivity contribution is 9.10. The predicted octanol–water partition coefficient (Wildman–Crippen LogP) is 4.15. The quantitative estimate of drug-likeness (QED) is 0.375. The molecule has 4 rings (SSSR count). The SMILES string of the molecule is O=C(CN(c1ccc(Br)cc1)S(=O)(=O)c1ccccc1)NCc1ccccc1-n1ccnc1. The average Bonchev–Trinajstić information content (AvgIpc) is 3.37. The summed E-state index contributed by atoms with van der Waals surface area (Å²) in [5.74, 6) is -0.419. The number of hydrogen-bond donors (Lipinski definition) is 1. The third-order valence-corrected chi connectivity index (χ3v) is 7.30. The Bertz CT molecular complexity index is 1330. The normalized spacial score (nSPS) is 11.2. The molecule has 1 amide bonds. The van der Waals surface area contributed by atoms with Crippen molar-refractivity contribution in [1.82, 2.24) is 14.9 Å². The van der Waals surface area contributed by atoms with E-state index in [0.29, 0.717) is 5.69 Å². The van der Waals surface area contributed by atoms with E-state index in [-0.39, 0.29) is 18.0 Å². The molecule has 7 nitrogen and oxygen atoms in total. The highest BCUT2D eigenvalue weighted by Gasteiger charge is 2.27. The Morgan fingerprint density at radius 3 is 2.36 bits per heavy atom. The van der Waals surface area contributed by atoms with E-state index in [4.69, 9.17) is 0 Å². The van der Waals surface area contributed by atoms with Crippen LogP contribution in [0.25, 0.3) is 5.69 Å². The second kappa shape index (κ2) is 10.0. The summed E-state index contributed by atoms with van der Waals surface area (Å²) in [6.07, 6.45) is 5.19. The fraction of sp³-hybridized carbons (Fsp3) is 0.0833. The molecule has 0 spiro atoms. The van der Waals surface area contributed by atoms with Crippen LogP contribution in [0.3, 0.4) is 0 Å². The van der Waals surface area contributed by atoms with E-state index in [1.54, 1.807) is 55.0 Å². The first-order valence-electron chi connectivity index (χ1n) is 10.1. The highest BCUT2D eigenvalue weighted by atomic mass is 79.9. The maximum absolute atomic E-state index is 13.4. The average molecular weight is 525 g/mol. The minimum absolute atomic E-state index is 0.117.